The number of carbonyl (C=O) groups excluding carboxylic acids is 1. The summed E-state index contributed by atoms with van der Waals surface area (Å²) in [5, 5.41) is 12.3. The number of anilines is 1. The second-order valence-corrected chi connectivity index (χ2v) is 4.65. The minimum absolute atomic E-state index is 0.118. The molecular formula is C12H14ClNO3. The number of rotatable bonds is 4. The van der Waals surface area contributed by atoms with Gasteiger partial charge in [-0.1, -0.05) is 11.6 Å². The molecule has 0 radical (unpaired) electrons. The third-order valence-electron chi connectivity index (χ3n) is 3.06. The molecule has 1 saturated carbocycles. The standard InChI is InChI=1S/C12H14ClNO3/c1-17-8-2-3-10(9(13)6-8)14-11(16)12(7-15)4-5-12/h2-3,6,15H,4-5,7H2,1H3,(H,14,16). The van der Waals surface area contributed by atoms with E-state index in [1.54, 1.807) is 25.3 Å². The first-order valence-electron chi connectivity index (χ1n) is 5.37. The van der Waals surface area contributed by atoms with Crippen molar-refractivity contribution in [1.82, 2.24) is 0 Å². The zero-order valence-electron chi connectivity index (χ0n) is 9.50. The summed E-state index contributed by atoms with van der Waals surface area (Å²) >= 11 is 6.01. The highest BCUT2D eigenvalue weighted by atomic mass is 35.5. The van der Waals surface area contributed by atoms with E-state index >= 15 is 0 Å². The molecule has 17 heavy (non-hydrogen) atoms. The lowest BCUT2D eigenvalue weighted by Crippen LogP contribution is -2.27. The largest absolute Gasteiger partial charge is 0.497 e. The number of methoxy groups -OCH3 is 1. The molecule has 4 nitrogen and oxygen atoms in total. The number of halogens is 1. The molecule has 1 aliphatic carbocycles. The number of aliphatic hydroxyl groups is 1. The minimum atomic E-state index is -0.594. The van der Waals surface area contributed by atoms with Gasteiger partial charge in [-0.25, -0.2) is 0 Å². The average Bonchev–Trinajstić information content (AvgIpc) is 3.12. The van der Waals surface area contributed by atoms with E-state index in [4.69, 9.17) is 21.4 Å². The van der Waals surface area contributed by atoms with Gasteiger partial charge in [-0.05, 0) is 25.0 Å². The van der Waals surface area contributed by atoms with Crippen LogP contribution < -0.4 is 10.1 Å². The molecule has 92 valence electrons. The number of hydrogen-bond donors (Lipinski definition) is 2. The Morgan fingerprint density at radius 2 is 2.29 bits per heavy atom. The van der Waals surface area contributed by atoms with Gasteiger partial charge in [0.15, 0.2) is 0 Å². The van der Waals surface area contributed by atoms with Crippen molar-refractivity contribution in [2.24, 2.45) is 5.41 Å². The normalized spacial score (nSPS) is 16.4. The summed E-state index contributed by atoms with van der Waals surface area (Å²) in [5.74, 6) is 0.461. The van der Waals surface area contributed by atoms with E-state index in [9.17, 15) is 4.79 Å². The van der Waals surface area contributed by atoms with Gasteiger partial charge in [-0.3, -0.25) is 4.79 Å². The Morgan fingerprint density at radius 1 is 1.59 bits per heavy atom. The van der Waals surface area contributed by atoms with Gasteiger partial charge < -0.3 is 15.2 Å². The van der Waals surface area contributed by atoms with E-state index in [1.807, 2.05) is 0 Å². The molecule has 2 N–H and O–H groups in total. The number of benzene rings is 1. The summed E-state index contributed by atoms with van der Waals surface area (Å²) in [6.45, 7) is -0.118. The van der Waals surface area contributed by atoms with Crippen LogP contribution in [0.4, 0.5) is 5.69 Å². The summed E-state index contributed by atoms with van der Waals surface area (Å²) in [6, 6.07) is 5.04. The predicted molar refractivity (Wildman–Crippen MR) is 65.4 cm³/mol. The van der Waals surface area contributed by atoms with Gasteiger partial charge >= 0.3 is 0 Å². The molecule has 1 aromatic rings. The molecule has 0 saturated heterocycles. The third-order valence-corrected chi connectivity index (χ3v) is 3.38. The van der Waals surface area contributed by atoms with Crippen LogP contribution in [0.15, 0.2) is 18.2 Å². The van der Waals surface area contributed by atoms with E-state index in [-0.39, 0.29) is 12.5 Å². The van der Waals surface area contributed by atoms with E-state index in [0.29, 0.717) is 16.5 Å². The molecule has 1 amide bonds. The highest BCUT2D eigenvalue weighted by Crippen LogP contribution is 2.46. The van der Waals surface area contributed by atoms with Crippen LogP contribution in [0.25, 0.3) is 0 Å². The Morgan fingerprint density at radius 3 is 2.76 bits per heavy atom. The van der Waals surface area contributed by atoms with Crippen molar-refractivity contribution in [3.8, 4) is 5.75 Å². The van der Waals surface area contributed by atoms with E-state index < -0.39 is 5.41 Å². The second kappa shape index (κ2) is 4.55. The van der Waals surface area contributed by atoms with Crippen molar-refractivity contribution in [1.29, 1.82) is 0 Å². The van der Waals surface area contributed by atoms with Gasteiger partial charge in [-0.15, -0.1) is 0 Å². The minimum Gasteiger partial charge on any atom is -0.497 e. The van der Waals surface area contributed by atoms with Gasteiger partial charge in [0.2, 0.25) is 5.91 Å². The molecule has 0 aliphatic heterocycles. The zero-order chi connectivity index (χ0) is 12.5. The summed E-state index contributed by atoms with van der Waals surface area (Å²) in [4.78, 5) is 11.9. The van der Waals surface area contributed by atoms with Crippen LogP contribution >= 0.6 is 11.6 Å². The summed E-state index contributed by atoms with van der Waals surface area (Å²) in [6.07, 6.45) is 1.45. The smallest absolute Gasteiger partial charge is 0.232 e. The van der Waals surface area contributed by atoms with Crippen LogP contribution in [-0.4, -0.2) is 24.7 Å². The lowest BCUT2D eigenvalue weighted by molar-refractivity contribution is -0.122. The fourth-order valence-corrected chi connectivity index (χ4v) is 1.80. The maximum Gasteiger partial charge on any atom is 0.232 e. The molecule has 0 spiro atoms. The number of amides is 1. The highest BCUT2D eigenvalue weighted by Gasteiger charge is 2.49. The van der Waals surface area contributed by atoms with Gasteiger partial charge in [0.25, 0.3) is 0 Å². The monoisotopic (exact) mass is 255 g/mol. The fourth-order valence-electron chi connectivity index (χ4n) is 1.59. The van der Waals surface area contributed by atoms with Crippen LogP contribution in [0.3, 0.4) is 0 Å². The van der Waals surface area contributed by atoms with Crippen molar-refractivity contribution < 1.29 is 14.6 Å². The van der Waals surface area contributed by atoms with Gasteiger partial charge in [0.1, 0.15) is 5.75 Å². The van der Waals surface area contributed by atoms with Crippen molar-refractivity contribution in [3.05, 3.63) is 23.2 Å². The van der Waals surface area contributed by atoms with Gasteiger partial charge in [0, 0.05) is 6.07 Å². The zero-order valence-corrected chi connectivity index (χ0v) is 10.3. The maximum absolute atomic E-state index is 11.9. The molecular weight excluding hydrogens is 242 g/mol. The lowest BCUT2D eigenvalue weighted by atomic mass is 10.1. The number of aliphatic hydroxyl groups excluding tert-OH is 1. The Balaban J connectivity index is 2.11. The molecule has 5 heteroatoms. The number of ether oxygens (including phenoxy) is 1. The maximum atomic E-state index is 11.9. The van der Waals surface area contributed by atoms with Gasteiger partial charge in [-0.2, -0.15) is 0 Å². The average molecular weight is 256 g/mol. The summed E-state index contributed by atoms with van der Waals surface area (Å²) in [5.41, 5.74) is -0.0549. The molecule has 0 bridgehead atoms. The SMILES string of the molecule is COc1ccc(NC(=O)C2(CO)CC2)c(Cl)c1. The van der Waals surface area contributed by atoms with E-state index in [0.717, 1.165) is 12.8 Å². The van der Waals surface area contributed by atoms with Crippen molar-refractivity contribution in [3.63, 3.8) is 0 Å². The number of carbonyl (C=O) groups is 1. The number of hydrogen-bond acceptors (Lipinski definition) is 3. The molecule has 0 heterocycles. The lowest BCUT2D eigenvalue weighted by Gasteiger charge is -2.13. The molecule has 0 atom stereocenters. The third kappa shape index (κ3) is 2.37. The molecule has 1 aromatic carbocycles. The fraction of sp³-hybridized carbons (Fsp3) is 0.417. The first-order chi connectivity index (χ1) is 8.11. The Labute approximate surface area is 105 Å². The molecule has 0 unspecified atom stereocenters. The molecule has 0 aromatic heterocycles. The van der Waals surface area contributed by atoms with Crippen LogP contribution in [0.2, 0.25) is 5.02 Å². The Hall–Kier alpha value is -1.26. The van der Waals surface area contributed by atoms with Crippen LogP contribution in [0.1, 0.15) is 12.8 Å². The second-order valence-electron chi connectivity index (χ2n) is 4.24. The van der Waals surface area contributed by atoms with Crippen LogP contribution in [0, 0.1) is 5.41 Å². The number of nitrogens with one attached hydrogen (secondary N) is 1. The van der Waals surface area contributed by atoms with E-state index in [2.05, 4.69) is 5.32 Å². The highest BCUT2D eigenvalue weighted by molar-refractivity contribution is 6.33. The van der Waals surface area contributed by atoms with Crippen LogP contribution in [0.5, 0.6) is 5.75 Å². The molecule has 1 fully saturated rings. The molecule has 2 rings (SSSR count). The van der Waals surface area contributed by atoms with Crippen LogP contribution in [-0.2, 0) is 4.79 Å². The van der Waals surface area contributed by atoms with Crippen molar-refractivity contribution in [2.75, 3.05) is 19.0 Å². The predicted octanol–water partition coefficient (Wildman–Crippen LogP) is 2.06. The summed E-state index contributed by atoms with van der Waals surface area (Å²) < 4.78 is 5.02. The Kier molecular flexibility index (Phi) is 3.26. The van der Waals surface area contributed by atoms with Crippen molar-refractivity contribution >= 4 is 23.2 Å². The molecule has 1 aliphatic rings. The Bertz CT molecular complexity index is 443. The quantitative estimate of drug-likeness (QED) is 0.866. The summed E-state index contributed by atoms with van der Waals surface area (Å²) in [7, 11) is 1.55. The topological polar surface area (TPSA) is 58.6 Å². The van der Waals surface area contributed by atoms with E-state index in [1.165, 1.54) is 0 Å². The van der Waals surface area contributed by atoms with Gasteiger partial charge in [0.05, 0.1) is 29.8 Å². The first-order valence-corrected chi connectivity index (χ1v) is 5.75. The van der Waals surface area contributed by atoms with Crippen molar-refractivity contribution in [2.45, 2.75) is 12.8 Å². The first kappa shape index (κ1) is 12.2.